The van der Waals surface area contributed by atoms with Gasteiger partial charge in [-0.3, -0.25) is 0 Å². The molecule has 2 heterocycles. The van der Waals surface area contributed by atoms with Gasteiger partial charge in [0.15, 0.2) is 0 Å². The molecule has 1 aliphatic heterocycles. The van der Waals surface area contributed by atoms with Crippen molar-refractivity contribution in [3.63, 3.8) is 0 Å². The third kappa shape index (κ3) is 3.89. The van der Waals surface area contributed by atoms with E-state index in [4.69, 9.17) is 0 Å². The van der Waals surface area contributed by atoms with Gasteiger partial charge < -0.3 is 4.57 Å². The van der Waals surface area contributed by atoms with E-state index < -0.39 is 10.0 Å². The van der Waals surface area contributed by atoms with Gasteiger partial charge in [-0.1, -0.05) is 77.9 Å². The second kappa shape index (κ2) is 8.57. The maximum atomic E-state index is 13.5. The van der Waals surface area contributed by atoms with Crippen LogP contribution in [-0.2, 0) is 17.1 Å². The van der Waals surface area contributed by atoms with Crippen LogP contribution in [0, 0.1) is 19.8 Å². The number of benzene rings is 3. The highest BCUT2D eigenvalue weighted by Gasteiger charge is 2.40. The molecular weight excluding hydrogens is 440 g/mol. The van der Waals surface area contributed by atoms with Crippen LogP contribution < -0.4 is 0 Å². The Kier molecular flexibility index (Phi) is 5.70. The molecule has 0 N–H and O–H groups in total. The van der Waals surface area contributed by atoms with Crippen LogP contribution in [0.15, 0.2) is 96.0 Å². The molecule has 0 radical (unpaired) electrons. The number of fused-ring (bicyclic) bond motifs is 1. The highest BCUT2D eigenvalue weighted by Crippen LogP contribution is 2.43. The largest absolute Gasteiger partial charge is 0.350 e. The quantitative estimate of drug-likeness (QED) is 0.346. The molecule has 2 atom stereocenters. The van der Waals surface area contributed by atoms with Gasteiger partial charge in [-0.05, 0) is 43.2 Å². The smallest absolute Gasteiger partial charge is 0.243 e. The van der Waals surface area contributed by atoms with Crippen LogP contribution >= 0.6 is 0 Å². The summed E-state index contributed by atoms with van der Waals surface area (Å²) in [6, 6.07) is 24.1. The van der Waals surface area contributed by atoms with Crippen molar-refractivity contribution >= 4 is 20.9 Å². The maximum Gasteiger partial charge on any atom is 0.243 e. The first-order valence-corrected chi connectivity index (χ1v) is 13.0. The normalized spacial score (nSPS) is 18.0. The van der Waals surface area contributed by atoms with E-state index in [9.17, 15) is 8.42 Å². The topological polar surface area (TPSA) is 42.3 Å². The summed E-state index contributed by atoms with van der Waals surface area (Å²) >= 11 is 0. The number of aryl methyl sites for hydroxylation is 3. The van der Waals surface area contributed by atoms with Gasteiger partial charge in [0, 0.05) is 49.1 Å². The van der Waals surface area contributed by atoms with E-state index in [-0.39, 0.29) is 11.8 Å². The molecule has 0 amide bonds. The maximum absolute atomic E-state index is 13.5. The van der Waals surface area contributed by atoms with Crippen LogP contribution in [0.1, 0.15) is 28.2 Å². The summed E-state index contributed by atoms with van der Waals surface area (Å²) in [5.41, 5.74) is 6.76. The van der Waals surface area contributed by atoms with Crippen LogP contribution in [0.2, 0.25) is 0 Å². The van der Waals surface area contributed by atoms with Crippen LogP contribution in [-0.4, -0.2) is 30.4 Å². The van der Waals surface area contributed by atoms with Crippen molar-refractivity contribution in [2.75, 3.05) is 13.1 Å². The lowest BCUT2D eigenvalue weighted by Crippen LogP contribution is -2.30. The monoisotopic (exact) mass is 470 g/mol. The summed E-state index contributed by atoms with van der Waals surface area (Å²) < 4.78 is 30.7. The minimum absolute atomic E-state index is 0.0115. The first kappa shape index (κ1) is 22.6. The van der Waals surface area contributed by atoms with Crippen LogP contribution in [0.4, 0.5) is 0 Å². The van der Waals surface area contributed by atoms with E-state index in [1.54, 1.807) is 16.4 Å². The molecule has 4 nitrogen and oxygen atoms in total. The molecule has 0 spiro atoms. The number of hydrogen-bond donors (Lipinski definition) is 0. The van der Waals surface area contributed by atoms with Crippen molar-refractivity contribution in [2.24, 2.45) is 13.0 Å². The molecule has 1 saturated heterocycles. The van der Waals surface area contributed by atoms with Gasteiger partial charge in [0.2, 0.25) is 10.0 Å². The fraction of sp³-hybridized carbons (Fsp3) is 0.241. The summed E-state index contributed by atoms with van der Waals surface area (Å²) in [7, 11) is -1.53. The third-order valence-electron chi connectivity index (χ3n) is 7.06. The summed E-state index contributed by atoms with van der Waals surface area (Å²) in [6.45, 7) is 9.17. The first-order chi connectivity index (χ1) is 16.3. The molecular formula is C29H30N2O2S. The lowest BCUT2D eigenvalue weighted by molar-refractivity contribution is 0.443. The highest BCUT2D eigenvalue weighted by atomic mass is 32.2. The minimum Gasteiger partial charge on any atom is -0.350 e. The van der Waals surface area contributed by atoms with Gasteiger partial charge in [-0.25, -0.2) is 8.42 Å². The highest BCUT2D eigenvalue weighted by molar-refractivity contribution is 7.89. The van der Waals surface area contributed by atoms with Crippen molar-refractivity contribution in [3.8, 4) is 0 Å². The Labute approximate surface area is 202 Å². The Morgan fingerprint density at radius 3 is 2.21 bits per heavy atom. The van der Waals surface area contributed by atoms with Gasteiger partial charge in [-0.2, -0.15) is 4.31 Å². The molecule has 1 aromatic heterocycles. The number of sulfonamides is 1. The number of nitrogens with zero attached hydrogens (tertiary/aromatic N) is 2. The zero-order valence-electron chi connectivity index (χ0n) is 19.9. The molecule has 1 aliphatic rings. The zero-order valence-corrected chi connectivity index (χ0v) is 20.7. The lowest BCUT2D eigenvalue weighted by atomic mass is 9.78. The van der Waals surface area contributed by atoms with Crippen molar-refractivity contribution in [1.29, 1.82) is 0 Å². The molecule has 5 heteroatoms. The van der Waals surface area contributed by atoms with E-state index >= 15 is 0 Å². The van der Waals surface area contributed by atoms with Crippen molar-refractivity contribution in [3.05, 3.63) is 113 Å². The summed E-state index contributed by atoms with van der Waals surface area (Å²) in [4.78, 5) is 0.337. The summed E-state index contributed by atoms with van der Waals surface area (Å²) in [5.74, 6) is -0.00819. The van der Waals surface area contributed by atoms with E-state index in [1.807, 2.05) is 19.1 Å². The number of aromatic nitrogens is 1. The molecule has 0 bridgehead atoms. The lowest BCUT2D eigenvalue weighted by Gasteiger charge is -2.25. The standard InChI is InChI=1S/C29H30N2O2S/c1-20-9-13-23(14-10-20)29(27-18-30(4)28-8-6-5-7-25(27)28)26-19-31(17-22(26)3)34(32,33)24-15-11-21(2)12-16-24/h5-16,18,26,29H,3,17,19H2,1-2,4H3/t26-,29-/m0/s1. The van der Waals surface area contributed by atoms with Gasteiger partial charge in [0.1, 0.15) is 0 Å². The average Bonchev–Trinajstić information content (AvgIpc) is 3.37. The minimum atomic E-state index is -3.60. The molecule has 34 heavy (non-hydrogen) atoms. The number of para-hydroxylation sites is 1. The Hall–Kier alpha value is -3.15. The van der Waals surface area contributed by atoms with E-state index in [0.717, 1.165) is 11.1 Å². The first-order valence-electron chi connectivity index (χ1n) is 11.6. The molecule has 4 aromatic rings. The van der Waals surface area contributed by atoms with Gasteiger partial charge >= 0.3 is 0 Å². The molecule has 0 aliphatic carbocycles. The Morgan fingerprint density at radius 1 is 0.912 bits per heavy atom. The van der Waals surface area contributed by atoms with Crippen molar-refractivity contribution < 1.29 is 8.42 Å². The molecule has 0 saturated carbocycles. The SMILES string of the molecule is C=C1CN(S(=O)(=O)c2ccc(C)cc2)C[C@@H]1[C@H](c1ccc(C)cc1)c1cn(C)c2ccccc12. The van der Waals surface area contributed by atoms with Crippen LogP contribution in [0.3, 0.4) is 0 Å². The van der Waals surface area contributed by atoms with E-state index in [1.165, 1.54) is 27.6 Å². The second-order valence-electron chi connectivity index (χ2n) is 9.48. The van der Waals surface area contributed by atoms with Gasteiger partial charge in [0.25, 0.3) is 0 Å². The second-order valence-corrected chi connectivity index (χ2v) is 11.4. The summed E-state index contributed by atoms with van der Waals surface area (Å²) in [5, 5.41) is 1.20. The predicted octanol–water partition coefficient (Wildman–Crippen LogP) is 5.80. The van der Waals surface area contributed by atoms with E-state index in [0.29, 0.717) is 18.0 Å². The van der Waals surface area contributed by atoms with Crippen LogP contribution in [0.5, 0.6) is 0 Å². The molecule has 0 unspecified atom stereocenters. The van der Waals surface area contributed by atoms with Gasteiger partial charge in [-0.15, -0.1) is 0 Å². The van der Waals surface area contributed by atoms with Crippen molar-refractivity contribution in [2.45, 2.75) is 24.7 Å². The average molecular weight is 471 g/mol. The fourth-order valence-corrected chi connectivity index (χ4v) is 6.63. The summed E-state index contributed by atoms with van der Waals surface area (Å²) in [6.07, 6.45) is 2.19. The molecule has 5 rings (SSSR count). The Balaban J connectivity index is 1.59. The number of rotatable bonds is 5. The Morgan fingerprint density at radius 2 is 1.53 bits per heavy atom. The fourth-order valence-electron chi connectivity index (χ4n) is 5.16. The molecule has 1 fully saturated rings. The van der Waals surface area contributed by atoms with E-state index in [2.05, 4.69) is 79.8 Å². The third-order valence-corrected chi connectivity index (χ3v) is 8.89. The Bertz CT molecular complexity index is 1470. The molecule has 174 valence electrons. The van der Waals surface area contributed by atoms with Crippen molar-refractivity contribution in [1.82, 2.24) is 8.87 Å². The number of hydrogen-bond acceptors (Lipinski definition) is 2. The van der Waals surface area contributed by atoms with Gasteiger partial charge in [0.05, 0.1) is 4.90 Å². The predicted molar refractivity (Wildman–Crippen MR) is 139 cm³/mol. The molecule has 3 aromatic carbocycles. The zero-order chi connectivity index (χ0) is 24.0. The van der Waals surface area contributed by atoms with Crippen LogP contribution in [0.25, 0.3) is 10.9 Å².